The Labute approximate surface area is 200 Å². The SMILES string of the molecule is Cc1cc(C(=O)Nc2sc(-c3ccccc3)c(C)c2C(=O)N2CCOCC2)c2c(C)noc2n1. The number of carbonyl (C=O) groups is 2. The maximum atomic E-state index is 13.6. The number of nitrogens with one attached hydrogen (secondary N) is 1. The molecule has 4 aromatic rings. The summed E-state index contributed by atoms with van der Waals surface area (Å²) in [4.78, 5) is 34.1. The molecular weight excluding hydrogens is 452 g/mol. The molecule has 2 amide bonds. The Hall–Kier alpha value is -3.56. The molecule has 9 heteroatoms. The maximum Gasteiger partial charge on any atom is 0.258 e. The van der Waals surface area contributed by atoms with Gasteiger partial charge in [0.25, 0.3) is 17.5 Å². The molecule has 1 saturated heterocycles. The zero-order chi connectivity index (χ0) is 23.8. The van der Waals surface area contributed by atoms with Crippen molar-refractivity contribution in [2.45, 2.75) is 20.8 Å². The van der Waals surface area contributed by atoms with Crippen LogP contribution in [0.5, 0.6) is 0 Å². The molecule has 1 fully saturated rings. The van der Waals surface area contributed by atoms with E-state index in [9.17, 15) is 9.59 Å². The summed E-state index contributed by atoms with van der Waals surface area (Å²) in [7, 11) is 0. The van der Waals surface area contributed by atoms with Gasteiger partial charge in [0.2, 0.25) is 0 Å². The fraction of sp³-hybridized carbons (Fsp3) is 0.280. The molecule has 3 aromatic heterocycles. The smallest absolute Gasteiger partial charge is 0.258 e. The zero-order valence-electron chi connectivity index (χ0n) is 19.2. The van der Waals surface area contributed by atoms with Gasteiger partial charge in [0.15, 0.2) is 0 Å². The van der Waals surface area contributed by atoms with Gasteiger partial charge >= 0.3 is 0 Å². The van der Waals surface area contributed by atoms with Gasteiger partial charge in [0, 0.05) is 23.7 Å². The molecule has 0 atom stereocenters. The third kappa shape index (κ3) is 3.97. The first kappa shape index (κ1) is 22.2. The van der Waals surface area contributed by atoms with Crippen LogP contribution in [0.25, 0.3) is 21.5 Å². The minimum Gasteiger partial charge on any atom is -0.378 e. The number of fused-ring (bicyclic) bond motifs is 1. The topological polar surface area (TPSA) is 97.6 Å². The Morgan fingerprint density at radius 3 is 2.56 bits per heavy atom. The summed E-state index contributed by atoms with van der Waals surface area (Å²) in [5, 5.41) is 8.07. The van der Waals surface area contributed by atoms with Gasteiger partial charge in [-0.3, -0.25) is 9.59 Å². The van der Waals surface area contributed by atoms with Crippen LogP contribution in [0.15, 0.2) is 40.9 Å². The van der Waals surface area contributed by atoms with Crippen molar-refractivity contribution in [3.8, 4) is 10.4 Å². The van der Waals surface area contributed by atoms with Crippen molar-refractivity contribution in [2.75, 3.05) is 31.6 Å². The number of aromatic nitrogens is 2. The first-order valence-electron chi connectivity index (χ1n) is 11.0. The average molecular weight is 477 g/mol. The zero-order valence-corrected chi connectivity index (χ0v) is 20.0. The lowest BCUT2D eigenvalue weighted by Crippen LogP contribution is -2.41. The highest BCUT2D eigenvalue weighted by Gasteiger charge is 2.29. The summed E-state index contributed by atoms with van der Waals surface area (Å²) in [6.07, 6.45) is 0. The second-order valence-electron chi connectivity index (χ2n) is 8.24. The van der Waals surface area contributed by atoms with Crippen molar-refractivity contribution >= 4 is 39.3 Å². The Morgan fingerprint density at radius 1 is 1.09 bits per heavy atom. The van der Waals surface area contributed by atoms with E-state index in [0.29, 0.717) is 64.9 Å². The molecule has 0 aliphatic carbocycles. The molecule has 0 spiro atoms. The number of morpholine rings is 1. The van der Waals surface area contributed by atoms with Crippen molar-refractivity contribution in [1.29, 1.82) is 0 Å². The fourth-order valence-electron chi connectivity index (χ4n) is 4.22. The van der Waals surface area contributed by atoms with Gasteiger partial charge in [-0.1, -0.05) is 35.5 Å². The first-order chi connectivity index (χ1) is 16.4. The van der Waals surface area contributed by atoms with Gasteiger partial charge in [0.1, 0.15) is 5.00 Å². The molecule has 8 nitrogen and oxygen atoms in total. The molecule has 1 aliphatic rings. The van der Waals surface area contributed by atoms with Crippen LogP contribution in [-0.4, -0.2) is 53.2 Å². The minimum atomic E-state index is -0.335. The van der Waals surface area contributed by atoms with Crippen molar-refractivity contribution in [3.63, 3.8) is 0 Å². The number of hydrogen-bond donors (Lipinski definition) is 1. The second-order valence-corrected chi connectivity index (χ2v) is 9.26. The van der Waals surface area contributed by atoms with Gasteiger partial charge < -0.3 is 19.5 Å². The lowest BCUT2D eigenvalue weighted by atomic mass is 10.1. The number of rotatable bonds is 4. The highest BCUT2D eigenvalue weighted by Crippen LogP contribution is 2.41. The van der Waals surface area contributed by atoms with E-state index in [0.717, 1.165) is 16.0 Å². The number of ether oxygens (including phenoxy) is 1. The van der Waals surface area contributed by atoms with Crippen molar-refractivity contribution in [2.24, 2.45) is 0 Å². The fourth-order valence-corrected chi connectivity index (χ4v) is 5.42. The van der Waals surface area contributed by atoms with Gasteiger partial charge in [-0.2, -0.15) is 0 Å². The van der Waals surface area contributed by atoms with E-state index in [2.05, 4.69) is 15.5 Å². The van der Waals surface area contributed by atoms with E-state index >= 15 is 0 Å². The summed E-state index contributed by atoms with van der Waals surface area (Å²) in [5.74, 6) is -0.439. The molecular formula is C25H24N4O4S. The summed E-state index contributed by atoms with van der Waals surface area (Å²) in [6.45, 7) is 7.55. The second kappa shape index (κ2) is 9.00. The van der Waals surface area contributed by atoms with Crippen LogP contribution in [0, 0.1) is 20.8 Å². The van der Waals surface area contributed by atoms with E-state index in [1.54, 1.807) is 24.8 Å². The molecule has 0 bridgehead atoms. The molecule has 0 saturated carbocycles. The first-order valence-corrected chi connectivity index (χ1v) is 11.9. The monoisotopic (exact) mass is 476 g/mol. The highest BCUT2D eigenvalue weighted by molar-refractivity contribution is 7.20. The largest absolute Gasteiger partial charge is 0.378 e. The number of pyridine rings is 1. The quantitative estimate of drug-likeness (QED) is 0.462. The van der Waals surface area contributed by atoms with Crippen LogP contribution in [0.4, 0.5) is 5.00 Å². The van der Waals surface area contributed by atoms with Crippen LogP contribution in [0.3, 0.4) is 0 Å². The number of amides is 2. The Morgan fingerprint density at radius 2 is 1.82 bits per heavy atom. The molecule has 1 aromatic carbocycles. The van der Waals surface area contributed by atoms with Gasteiger partial charge in [-0.25, -0.2) is 4.98 Å². The third-order valence-electron chi connectivity index (χ3n) is 5.91. The Kier molecular flexibility index (Phi) is 5.89. The predicted molar refractivity (Wildman–Crippen MR) is 130 cm³/mol. The van der Waals surface area contributed by atoms with E-state index < -0.39 is 0 Å². The number of anilines is 1. The predicted octanol–water partition coefficient (Wildman–Crippen LogP) is 4.60. The maximum absolute atomic E-state index is 13.6. The van der Waals surface area contributed by atoms with Crippen molar-refractivity contribution in [3.05, 3.63) is 64.5 Å². The Bertz CT molecular complexity index is 1390. The molecule has 4 heterocycles. The van der Waals surface area contributed by atoms with Crippen LogP contribution < -0.4 is 5.32 Å². The van der Waals surface area contributed by atoms with Gasteiger partial charge in [0.05, 0.1) is 35.4 Å². The standard InChI is InChI=1S/C25H24N4O4S/c1-14-13-18(20-16(3)28-33-23(20)26-14)22(30)27-24-19(25(31)29-9-11-32-12-10-29)15(2)21(34-24)17-7-5-4-6-8-17/h4-8,13H,9-12H2,1-3H3,(H,27,30). The summed E-state index contributed by atoms with van der Waals surface area (Å²) in [6, 6.07) is 11.6. The van der Waals surface area contributed by atoms with Crippen LogP contribution in [-0.2, 0) is 4.74 Å². The molecule has 34 heavy (non-hydrogen) atoms. The van der Waals surface area contributed by atoms with Crippen LogP contribution in [0.1, 0.15) is 37.7 Å². The van der Waals surface area contributed by atoms with E-state index in [-0.39, 0.29) is 11.8 Å². The number of thiophene rings is 1. The molecule has 0 radical (unpaired) electrons. The summed E-state index contributed by atoms with van der Waals surface area (Å²) < 4.78 is 10.7. The summed E-state index contributed by atoms with van der Waals surface area (Å²) >= 11 is 1.41. The van der Waals surface area contributed by atoms with Crippen molar-refractivity contribution < 1.29 is 18.8 Å². The normalized spacial score (nSPS) is 13.9. The van der Waals surface area contributed by atoms with E-state index in [1.807, 2.05) is 37.3 Å². The number of carbonyl (C=O) groups excluding carboxylic acids is 2. The molecule has 5 rings (SSSR count). The van der Waals surface area contributed by atoms with Crippen LogP contribution in [0.2, 0.25) is 0 Å². The third-order valence-corrected chi connectivity index (χ3v) is 7.17. The van der Waals surface area contributed by atoms with Gasteiger partial charge in [-0.05, 0) is 38.0 Å². The summed E-state index contributed by atoms with van der Waals surface area (Å²) in [5.41, 5.74) is 4.33. The molecule has 1 aliphatic heterocycles. The van der Waals surface area contributed by atoms with E-state index in [4.69, 9.17) is 9.26 Å². The lowest BCUT2D eigenvalue weighted by Gasteiger charge is -2.27. The lowest BCUT2D eigenvalue weighted by molar-refractivity contribution is 0.0303. The van der Waals surface area contributed by atoms with Gasteiger partial charge in [-0.15, -0.1) is 11.3 Å². The number of nitrogens with zero attached hydrogens (tertiary/aromatic N) is 3. The molecule has 1 N–H and O–H groups in total. The van der Waals surface area contributed by atoms with Crippen molar-refractivity contribution in [1.82, 2.24) is 15.0 Å². The van der Waals surface area contributed by atoms with E-state index in [1.165, 1.54) is 11.3 Å². The highest BCUT2D eigenvalue weighted by atomic mass is 32.1. The minimum absolute atomic E-state index is 0.105. The number of benzene rings is 1. The average Bonchev–Trinajstić information content (AvgIpc) is 3.38. The molecule has 0 unspecified atom stereocenters. The number of hydrogen-bond acceptors (Lipinski definition) is 7. The number of aryl methyl sites for hydroxylation is 2. The van der Waals surface area contributed by atoms with Crippen LogP contribution >= 0.6 is 11.3 Å². The Balaban J connectivity index is 1.58. The molecule has 174 valence electrons.